The number of nitrogens with zero attached hydrogens (tertiary/aromatic N) is 5. The molecular weight excluding hydrogens is 318 g/mol. The molecule has 7 heteroatoms. The summed E-state index contributed by atoms with van der Waals surface area (Å²) in [7, 11) is 0. The number of nitro benzene ring substituents is 1. The van der Waals surface area contributed by atoms with E-state index < -0.39 is 4.92 Å². The second-order valence-corrected chi connectivity index (χ2v) is 6.02. The minimum Gasteiger partial charge on any atom is -0.369 e. The quantitative estimate of drug-likeness (QED) is 0.630. The molecule has 0 aliphatic carbocycles. The molecule has 3 rings (SSSR count). The number of nitro groups is 1. The van der Waals surface area contributed by atoms with Gasteiger partial charge in [0.05, 0.1) is 10.6 Å². The molecule has 1 fully saturated rings. The average Bonchev–Trinajstić information content (AvgIpc) is 2.67. The number of aromatic nitrogens is 1. The van der Waals surface area contributed by atoms with Gasteiger partial charge >= 0.3 is 0 Å². The smallest absolute Gasteiger partial charge is 0.287 e. The molecule has 0 spiro atoms. The van der Waals surface area contributed by atoms with Crippen LogP contribution in [0.4, 0.5) is 11.4 Å². The molecule has 0 N–H and O–H groups in total. The Bertz CT molecular complexity index is 795. The molecule has 1 aliphatic heterocycles. The predicted octanol–water partition coefficient (Wildman–Crippen LogP) is 2.74. The van der Waals surface area contributed by atoms with E-state index in [1.807, 2.05) is 30.5 Å². The summed E-state index contributed by atoms with van der Waals surface area (Å²) in [6.07, 6.45) is 1.81. The second-order valence-electron chi connectivity index (χ2n) is 6.02. The first-order chi connectivity index (χ1) is 12.1. The van der Waals surface area contributed by atoms with E-state index in [0.717, 1.165) is 37.6 Å². The Labute approximate surface area is 146 Å². The first-order valence-electron chi connectivity index (χ1n) is 8.18. The van der Waals surface area contributed by atoms with Gasteiger partial charge in [-0.15, -0.1) is 0 Å². The van der Waals surface area contributed by atoms with Crippen molar-refractivity contribution in [2.24, 2.45) is 0 Å². The van der Waals surface area contributed by atoms with Gasteiger partial charge in [0.1, 0.15) is 11.6 Å². The molecule has 7 nitrogen and oxygen atoms in total. The Morgan fingerprint density at radius 3 is 2.60 bits per heavy atom. The summed E-state index contributed by atoms with van der Waals surface area (Å²) in [6, 6.07) is 12.8. The van der Waals surface area contributed by atoms with Crippen molar-refractivity contribution in [1.29, 1.82) is 5.26 Å². The van der Waals surface area contributed by atoms with Gasteiger partial charge in [0.25, 0.3) is 5.69 Å². The maximum absolute atomic E-state index is 10.9. The van der Waals surface area contributed by atoms with Crippen molar-refractivity contribution in [3.8, 4) is 6.07 Å². The second kappa shape index (κ2) is 7.28. The van der Waals surface area contributed by atoms with Crippen molar-refractivity contribution in [3.63, 3.8) is 0 Å². The van der Waals surface area contributed by atoms with Gasteiger partial charge in [-0.2, -0.15) is 5.26 Å². The van der Waals surface area contributed by atoms with Gasteiger partial charge in [0.15, 0.2) is 0 Å². The Hall–Kier alpha value is -2.98. The van der Waals surface area contributed by atoms with Crippen molar-refractivity contribution in [1.82, 2.24) is 9.88 Å². The van der Waals surface area contributed by atoms with E-state index in [9.17, 15) is 10.1 Å². The molecule has 1 atom stereocenters. The first kappa shape index (κ1) is 16.9. The minimum absolute atomic E-state index is 0.104. The molecule has 128 valence electrons. The van der Waals surface area contributed by atoms with E-state index in [1.54, 1.807) is 12.1 Å². The van der Waals surface area contributed by atoms with Crippen LogP contribution in [-0.4, -0.2) is 41.0 Å². The number of hydrogen-bond donors (Lipinski definition) is 0. The van der Waals surface area contributed by atoms with Crippen LogP contribution in [0.2, 0.25) is 0 Å². The number of hydrogen-bond acceptors (Lipinski definition) is 6. The van der Waals surface area contributed by atoms with Gasteiger partial charge in [-0.3, -0.25) is 20.0 Å². The van der Waals surface area contributed by atoms with E-state index in [4.69, 9.17) is 5.26 Å². The Kier molecular flexibility index (Phi) is 4.91. The van der Waals surface area contributed by atoms with E-state index in [0.29, 0.717) is 0 Å². The van der Waals surface area contributed by atoms with Crippen LogP contribution in [0, 0.1) is 21.4 Å². The summed E-state index contributed by atoms with van der Waals surface area (Å²) in [6.45, 7) is 5.50. The zero-order valence-corrected chi connectivity index (χ0v) is 14.0. The standard InChI is InChI=1S/C18H19N5O2/c1-14(17-4-2-3-7-20-17)21-8-10-22(11-9-21)16-5-6-18(23(24)25)15(12-16)13-19/h2-7,12,14H,8-11H2,1H3/t14-/m1/s1. The van der Waals surface area contributed by atoms with E-state index in [1.165, 1.54) is 6.07 Å². The molecule has 2 heterocycles. The molecule has 0 bridgehead atoms. The molecule has 0 radical (unpaired) electrons. The van der Waals surface area contributed by atoms with Gasteiger partial charge in [-0.05, 0) is 31.2 Å². The fourth-order valence-corrected chi connectivity index (χ4v) is 3.15. The topological polar surface area (TPSA) is 86.3 Å². The largest absolute Gasteiger partial charge is 0.369 e. The summed E-state index contributed by atoms with van der Waals surface area (Å²) in [4.78, 5) is 19.4. The normalized spacial score (nSPS) is 16.2. The molecule has 1 aromatic carbocycles. The van der Waals surface area contributed by atoms with E-state index in [-0.39, 0.29) is 17.3 Å². The summed E-state index contributed by atoms with van der Waals surface area (Å²) in [5.74, 6) is 0. The minimum atomic E-state index is -0.519. The number of nitriles is 1. The molecule has 1 saturated heterocycles. The molecule has 0 saturated carbocycles. The molecular formula is C18H19N5O2. The number of benzene rings is 1. The first-order valence-corrected chi connectivity index (χ1v) is 8.18. The van der Waals surface area contributed by atoms with Crippen LogP contribution in [0.5, 0.6) is 0 Å². The monoisotopic (exact) mass is 337 g/mol. The maximum atomic E-state index is 10.9. The fraction of sp³-hybridized carbons (Fsp3) is 0.333. The van der Waals surface area contributed by atoms with Gasteiger partial charge in [0.2, 0.25) is 0 Å². The summed E-state index contributed by atoms with van der Waals surface area (Å²) >= 11 is 0. The maximum Gasteiger partial charge on any atom is 0.287 e. The van der Waals surface area contributed by atoms with Gasteiger partial charge in [0, 0.05) is 50.2 Å². The molecule has 0 amide bonds. The van der Waals surface area contributed by atoms with Gasteiger partial charge in [-0.25, -0.2) is 0 Å². The van der Waals surface area contributed by atoms with Crippen molar-refractivity contribution >= 4 is 11.4 Å². The number of pyridine rings is 1. The SMILES string of the molecule is C[C@H](c1ccccn1)N1CCN(c2ccc([N+](=O)[O-])c(C#N)c2)CC1. The molecule has 25 heavy (non-hydrogen) atoms. The number of rotatable bonds is 4. The zero-order chi connectivity index (χ0) is 17.8. The highest BCUT2D eigenvalue weighted by atomic mass is 16.6. The van der Waals surface area contributed by atoms with Crippen LogP contribution in [0.25, 0.3) is 0 Å². The molecule has 1 aromatic heterocycles. The molecule has 1 aliphatic rings. The van der Waals surface area contributed by atoms with Gasteiger partial charge < -0.3 is 4.90 Å². The van der Waals surface area contributed by atoms with Crippen molar-refractivity contribution < 1.29 is 4.92 Å². The summed E-state index contributed by atoms with van der Waals surface area (Å²) < 4.78 is 0. The third kappa shape index (κ3) is 3.59. The summed E-state index contributed by atoms with van der Waals surface area (Å²) in [5, 5.41) is 20.1. The number of anilines is 1. The summed E-state index contributed by atoms with van der Waals surface area (Å²) in [5.41, 5.74) is 1.87. The van der Waals surface area contributed by atoms with Gasteiger partial charge in [-0.1, -0.05) is 6.07 Å². The third-order valence-electron chi connectivity index (χ3n) is 4.64. The lowest BCUT2D eigenvalue weighted by Gasteiger charge is -2.39. The molecule has 0 unspecified atom stereocenters. The van der Waals surface area contributed by atoms with Crippen molar-refractivity contribution in [3.05, 3.63) is 64.0 Å². The highest BCUT2D eigenvalue weighted by Gasteiger charge is 2.24. The van der Waals surface area contributed by atoms with Crippen LogP contribution in [0.1, 0.15) is 24.2 Å². The fourth-order valence-electron chi connectivity index (χ4n) is 3.15. The third-order valence-corrected chi connectivity index (χ3v) is 4.64. The van der Waals surface area contributed by atoms with Crippen LogP contribution in [0.3, 0.4) is 0 Å². The van der Waals surface area contributed by atoms with E-state index in [2.05, 4.69) is 21.7 Å². The van der Waals surface area contributed by atoms with Crippen LogP contribution in [0.15, 0.2) is 42.6 Å². The lowest BCUT2D eigenvalue weighted by Crippen LogP contribution is -2.47. The Morgan fingerprint density at radius 1 is 1.24 bits per heavy atom. The molecule has 2 aromatic rings. The predicted molar refractivity (Wildman–Crippen MR) is 94.2 cm³/mol. The van der Waals surface area contributed by atoms with Crippen LogP contribution in [-0.2, 0) is 0 Å². The number of piperazine rings is 1. The van der Waals surface area contributed by atoms with Crippen LogP contribution < -0.4 is 4.90 Å². The zero-order valence-electron chi connectivity index (χ0n) is 14.0. The van der Waals surface area contributed by atoms with Crippen LogP contribution >= 0.6 is 0 Å². The Balaban J connectivity index is 1.68. The van der Waals surface area contributed by atoms with Crippen molar-refractivity contribution in [2.45, 2.75) is 13.0 Å². The highest BCUT2D eigenvalue weighted by Crippen LogP contribution is 2.27. The lowest BCUT2D eigenvalue weighted by atomic mass is 10.1. The van der Waals surface area contributed by atoms with E-state index >= 15 is 0 Å². The van der Waals surface area contributed by atoms with Crippen molar-refractivity contribution in [2.75, 3.05) is 31.1 Å². The Morgan fingerprint density at radius 2 is 2.00 bits per heavy atom. The lowest BCUT2D eigenvalue weighted by molar-refractivity contribution is -0.385. The average molecular weight is 337 g/mol. The highest BCUT2D eigenvalue weighted by molar-refractivity contribution is 5.60.